The fraction of sp³-hybridized carbons (Fsp3) is 0.304. The maximum absolute atomic E-state index is 13.2. The molecule has 0 radical (unpaired) electrons. The number of nitrogens with one attached hydrogen (secondary N) is 1. The minimum Gasteiger partial charge on any atom is -0.371 e. The van der Waals surface area contributed by atoms with E-state index in [1.165, 1.54) is 12.1 Å². The molecule has 1 aromatic carbocycles. The number of aliphatic imine (C=N–C) groups is 1. The zero-order valence-electron chi connectivity index (χ0n) is 18.7. The largest absolute Gasteiger partial charge is 0.371 e. The highest BCUT2D eigenvalue weighted by Crippen LogP contribution is 2.19. The van der Waals surface area contributed by atoms with Crippen LogP contribution in [0.5, 0.6) is 0 Å². The first-order valence-electron chi connectivity index (χ1n) is 10.6. The summed E-state index contributed by atoms with van der Waals surface area (Å²) in [4.78, 5) is 13.1. The van der Waals surface area contributed by atoms with Gasteiger partial charge >= 0.3 is 0 Å². The van der Waals surface area contributed by atoms with Crippen molar-refractivity contribution >= 4 is 62.1 Å². The van der Waals surface area contributed by atoms with Crippen molar-refractivity contribution in [1.82, 2.24) is 15.3 Å². The summed E-state index contributed by atoms with van der Waals surface area (Å²) >= 11 is 11.0. The molecule has 0 saturated heterocycles. The van der Waals surface area contributed by atoms with Gasteiger partial charge in [-0.25, -0.2) is 13.4 Å². The smallest absolute Gasteiger partial charge is 0.208 e. The van der Waals surface area contributed by atoms with Crippen LogP contribution in [0, 0.1) is 11.3 Å². The Morgan fingerprint density at radius 2 is 1.91 bits per heavy atom. The van der Waals surface area contributed by atoms with Crippen molar-refractivity contribution in [3.05, 3.63) is 76.0 Å². The Kier molecular flexibility index (Phi) is 11.4. The van der Waals surface area contributed by atoms with Gasteiger partial charge in [0.1, 0.15) is 10.8 Å². The molecule has 12 heteroatoms. The van der Waals surface area contributed by atoms with Gasteiger partial charge in [-0.15, -0.1) is 11.3 Å². The summed E-state index contributed by atoms with van der Waals surface area (Å²) in [5, 5.41) is 15.1. The molecule has 1 N–H and O–H groups in total. The third kappa shape index (κ3) is 8.51. The van der Waals surface area contributed by atoms with Crippen LogP contribution in [0.15, 0.2) is 70.1 Å². The lowest BCUT2D eigenvalue weighted by atomic mass is 10.4. The number of nitrogens with zero attached hydrogens (tertiary/aromatic N) is 4. The van der Waals surface area contributed by atoms with Gasteiger partial charge in [0, 0.05) is 47.3 Å². The lowest BCUT2D eigenvalue weighted by molar-refractivity contribution is 0.595. The monoisotopic (exact) mass is 565 g/mol. The summed E-state index contributed by atoms with van der Waals surface area (Å²) in [7, 11) is -3.92. The Balaban J connectivity index is 1.63. The first-order chi connectivity index (χ1) is 17.0. The van der Waals surface area contributed by atoms with Crippen molar-refractivity contribution in [2.24, 2.45) is 4.99 Å². The normalized spacial score (nSPS) is 12.7. The highest BCUT2D eigenvalue weighted by molar-refractivity contribution is 7.98. The van der Waals surface area contributed by atoms with Gasteiger partial charge in [-0.05, 0) is 24.3 Å². The van der Waals surface area contributed by atoms with E-state index in [4.69, 9.17) is 11.6 Å². The van der Waals surface area contributed by atoms with Gasteiger partial charge in [0.05, 0.1) is 28.2 Å². The number of rotatable bonds is 13. The first kappa shape index (κ1) is 27.5. The molecule has 35 heavy (non-hydrogen) atoms. The number of thiazole rings is 1. The van der Waals surface area contributed by atoms with E-state index in [-0.39, 0.29) is 10.7 Å². The van der Waals surface area contributed by atoms with Crippen LogP contribution in [-0.4, -0.2) is 54.1 Å². The molecule has 1 atom stereocenters. The predicted molar refractivity (Wildman–Crippen MR) is 147 cm³/mol. The van der Waals surface area contributed by atoms with Crippen LogP contribution < -0.4 is 5.32 Å². The average molecular weight is 566 g/mol. The maximum atomic E-state index is 13.2. The lowest BCUT2D eigenvalue weighted by Crippen LogP contribution is -2.40. The van der Waals surface area contributed by atoms with Gasteiger partial charge < -0.3 is 5.32 Å². The Morgan fingerprint density at radius 3 is 2.63 bits per heavy atom. The van der Waals surface area contributed by atoms with Crippen LogP contribution in [0.3, 0.4) is 0 Å². The molecule has 0 aliphatic heterocycles. The number of nitriles is 1. The van der Waals surface area contributed by atoms with E-state index >= 15 is 0 Å². The van der Waals surface area contributed by atoms with Crippen LogP contribution in [0.2, 0.25) is 5.02 Å². The third-order valence-electron chi connectivity index (χ3n) is 4.60. The Labute approximate surface area is 223 Å². The molecule has 2 aromatic heterocycles. The van der Waals surface area contributed by atoms with Gasteiger partial charge in [0.2, 0.25) is 15.1 Å². The first-order valence-corrected chi connectivity index (χ1v) is 15.7. The van der Waals surface area contributed by atoms with Crippen molar-refractivity contribution < 1.29 is 8.42 Å². The van der Waals surface area contributed by atoms with E-state index in [2.05, 4.69) is 20.3 Å². The van der Waals surface area contributed by atoms with Crippen molar-refractivity contribution in [3.8, 4) is 6.07 Å². The van der Waals surface area contributed by atoms with Crippen LogP contribution in [-0.2, 0) is 21.3 Å². The van der Waals surface area contributed by atoms with E-state index in [9.17, 15) is 13.7 Å². The second-order valence-corrected chi connectivity index (χ2v) is 12.7. The van der Waals surface area contributed by atoms with Crippen molar-refractivity contribution in [3.63, 3.8) is 0 Å². The molecular weight excluding hydrogens is 542 g/mol. The topological polar surface area (TPSA) is 108 Å². The maximum Gasteiger partial charge on any atom is 0.208 e. The number of halogens is 1. The molecule has 184 valence electrons. The van der Waals surface area contributed by atoms with Crippen molar-refractivity contribution in [2.45, 2.75) is 21.7 Å². The highest BCUT2D eigenvalue weighted by atomic mass is 35.5. The molecule has 2 heterocycles. The second-order valence-electron chi connectivity index (χ2n) is 7.02. The minimum atomic E-state index is -3.92. The summed E-state index contributed by atoms with van der Waals surface area (Å²) < 4.78 is 26.4. The van der Waals surface area contributed by atoms with Gasteiger partial charge in [0.15, 0.2) is 0 Å². The summed E-state index contributed by atoms with van der Waals surface area (Å²) in [6.45, 7) is 0.834. The Hall–Kier alpha value is -2.10. The molecule has 3 rings (SSSR count). The molecule has 3 aromatic rings. The fourth-order valence-electron chi connectivity index (χ4n) is 2.91. The van der Waals surface area contributed by atoms with E-state index in [1.54, 1.807) is 77.6 Å². The molecule has 0 aliphatic rings. The number of pyridine rings is 1. The molecular formula is C23H24ClN5O2S4. The van der Waals surface area contributed by atoms with E-state index < -0.39 is 15.1 Å². The number of amidine groups is 1. The molecule has 0 spiro atoms. The van der Waals surface area contributed by atoms with Crippen LogP contribution >= 0.6 is 46.5 Å². The minimum absolute atomic E-state index is 0.0957. The average Bonchev–Trinajstić information content (AvgIpc) is 3.38. The number of sulfone groups is 1. The lowest BCUT2D eigenvalue weighted by Gasteiger charge is -2.16. The number of benzene rings is 1. The molecule has 0 aliphatic carbocycles. The SMILES string of the molecule is N#CC(C(=NCCSCc1nccs1)NCCSCc1ncccc1Cl)S(=O)(=O)c1ccccc1. The molecule has 7 nitrogen and oxygen atoms in total. The number of hydrogen-bond acceptors (Lipinski definition) is 9. The van der Waals surface area contributed by atoms with Gasteiger partial charge in [-0.2, -0.15) is 28.8 Å². The quantitative estimate of drug-likeness (QED) is 0.180. The second kappa shape index (κ2) is 14.5. The predicted octanol–water partition coefficient (Wildman–Crippen LogP) is 4.71. The Bertz CT molecular complexity index is 1230. The number of thioether (sulfide) groups is 2. The Morgan fingerprint density at radius 1 is 1.11 bits per heavy atom. The van der Waals surface area contributed by atoms with Crippen LogP contribution in [0.1, 0.15) is 10.7 Å². The standard InChI is InChI=1S/C23H24ClN5O2S4/c24-19-7-4-8-26-20(19)16-32-12-9-28-23(29-10-13-33-17-22-27-11-14-34-22)21(15-25)35(30,31)18-5-2-1-3-6-18/h1-8,11,14,21H,9-10,12-13,16-17H2,(H,28,29). The zero-order valence-corrected chi connectivity index (χ0v) is 22.7. The summed E-state index contributed by atoms with van der Waals surface area (Å²) in [5.41, 5.74) is 0.798. The molecule has 0 bridgehead atoms. The zero-order chi connectivity index (χ0) is 24.9. The third-order valence-corrected chi connectivity index (χ3v) is 9.70. The molecule has 1 unspecified atom stereocenters. The fourth-order valence-corrected chi connectivity index (χ4v) is 6.93. The number of aromatic nitrogens is 2. The van der Waals surface area contributed by atoms with Gasteiger partial charge in [-0.1, -0.05) is 29.8 Å². The van der Waals surface area contributed by atoms with E-state index in [0.717, 1.165) is 16.5 Å². The van der Waals surface area contributed by atoms with Gasteiger partial charge in [0.25, 0.3) is 0 Å². The van der Waals surface area contributed by atoms with Gasteiger partial charge in [-0.3, -0.25) is 9.98 Å². The van der Waals surface area contributed by atoms with Crippen LogP contribution in [0.4, 0.5) is 0 Å². The highest BCUT2D eigenvalue weighted by Gasteiger charge is 2.32. The molecule has 0 fully saturated rings. The summed E-state index contributed by atoms with van der Waals surface area (Å²) in [6, 6.07) is 13.5. The van der Waals surface area contributed by atoms with Crippen molar-refractivity contribution in [1.29, 1.82) is 5.26 Å². The number of hydrogen-bond donors (Lipinski definition) is 1. The molecule has 0 saturated carbocycles. The van der Waals surface area contributed by atoms with Crippen LogP contribution in [0.25, 0.3) is 0 Å². The molecule has 0 amide bonds. The summed E-state index contributed by atoms with van der Waals surface area (Å²) in [5.74, 6) is 2.91. The van der Waals surface area contributed by atoms with E-state index in [1.807, 2.05) is 11.4 Å². The van der Waals surface area contributed by atoms with Crippen molar-refractivity contribution in [2.75, 3.05) is 24.6 Å². The summed E-state index contributed by atoms with van der Waals surface area (Å²) in [6.07, 6.45) is 3.47. The van der Waals surface area contributed by atoms with E-state index in [0.29, 0.717) is 35.4 Å².